The monoisotopic (exact) mass is 339 g/mol. The highest BCUT2D eigenvalue weighted by Gasteiger charge is 2.42. The molecule has 2 N–H and O–H groups in total. The van der Waals surface area contributed by atoms with E-state index in [0.717, 1.165) is 12.8 Å². The first-order valence-electron chi connectivity index (χ1n) is 7.97. The van der Waals surface area contributed by atoms with Crippen molar-refractivity contribution in [1.82, 2.24) is 15.6 Å². The van der Waals surface area contributed by atoms with E-state index in [-0.39, 0.29) is 42.1 Å². The maximum Gasteiger partial charge on any atom is 0.388 e. The van der Waals surface area contributed by atoms with Crippen molar-refractivity contribution in [1.29, 1.82) is 0 Å². The molecule has 0 radical (unpaired) electrons. The predicted octanol–water partition coefficient (Wildman–Crippen LogP) is 2.24. The SMILES string of the molecule is O=C1C[C@H]2CC[C@@H](C1)C2NC(=O)NCc1ccnc(OC(F)F)c1. The number of ketones is 1. The van der Waals surface area contributed by atoms with Gasteiger partial charge < -0.3 is 15.4 Å². The van der Waals surface area contributed by atoms with Gasteiger partial charge in [0, 0.05) is 37.7 Å². The average Bonchev–Trinajstić information content (AvgIpc) is 2.76. The molecular formula is C16H19F2N3O3. The molecule has 0 spiro atoms. The van der Waals surface area contributed by atoms with Gasteiger partial charge in [-0.25, -0.2) is 9.78 Å². The number of fused-ring (bicyclic) bond motifs is 2. The zero-order valence-corrected chi connectivity index (χ0v) is 13.0. The Hall–Kier alpha value is -2.25. The lowest BCUT2D eigenvalue weighted by Crippen LogP contribution is -2.48. The Labute approximate surface area is 138 Å². The van der Waals surface area contributed by atoms with Crippen molar-refractivity contribution in [3.05, 3.63) is 23.9 Å². The quantitative estimate of drug-likeness (QED) is 0.862. The van der Waals surface area contributed by atoms with Crippen LogP contribution in [0, 0.1) is 11.8 Å². The van der Waals surface area contributed by atoms with Gasteiger partial charge in [0.2, 0.25) is 5.88 Å². The van der Waals surface area contributed by atoms with Crippen LogP contribution in [0.4, 0.5) is 13.6 Å². The standard InChI is InChI=1S/C16H19F2N3O3/c17-15(18)24-13-5-9(3-4-19-13)8-20-16(23)21-14-10-1-2-11(14)7-12(22)6-10/h3-5,10-11,14-15H,1-2,6-8H2,(H2,20,21,23)/t10-,11+,14?. The maximum absolute atomic E-state index is 12.2. The van der Waals surface area contributed by atoms with Crippen molar-refractivity contribution in [2.75, 3.05) is 0 Å². The number of nitrogens with one attached hydrogen (secondary N) is 2. The van der Waals surface area contributed by atoms with E-state index in [9.17, 15) is 18.4 Å². The van der Waals surface area contributed by atoms with Crippen molar-refractivity contribution < 1.29 is 23.1 Å². The van der Waals surface area contributed by atoms with Crippen molar-refractivity contribution in [3.8, 4) is 5.88 Å². The highest BCUT2D eigenvalue weighted by molar-refractivity contribution is 5.81. The molecule has 8 heteroatoms. The third-order valence-electron chi connectivity index (χ3n) is 4.66. The summed E-state index contributed by atoms with van der Waals surface area (Å²) in [5.74, 6) is 0.556. The summed E-state index contributed by atoms with van der Waals surface area (Å²) >= 11 is 0. The highest BCUT2D eigenvalue weighted by Crippen LogP contribution is 2.40. The lowest BCUT2D eigenvalue weighted by Gasteiger charge is -2.30. The van der Waals surface area contributed by atoms with Crippen LogP contribution < -0.4 is 15.4 Å². The van der Waals surface area contributed by atoms with Crippen molar-refractivity contribution in [2.24, 2.45) is 11.8 Å². The number of ether oxygens (including phenoxy) is 1. The number of nitrogens with zero attached hydrogens (tertiary/aromatic N) is 1. The van der Waals surface area contributed by atoms with Gasteiger partial charge >= 0.3 is 12.6 Å². The minimum Gasteiger partial charge on any atom is -0.417 e. The van der Waals surface area contributed by atoms with Gasteiger partial charge in [0.1, 0.15) is 5.78 Å². The molecule has 2 fully saturated rings. The molecule has 3 atom stereocenters. The molecule has 0 aromatic carbocycles. The normalized spacial score (nSPS) is 25.6. The number of rotatable bonds is 5. The van der Waals surface area contributed by atoms with E-state index in [1.165, 1.54) is 12.3 Å². The van der Waals surface area contributed by atoms with Gasteiger partial charge in [-0.05, 0) is 36.3 Å². The molecule has 2 bridgehead atoms. The first-order chi connectivity index (χ1) is 11.5. The maximum atomic E-state index is 12.2. The summed E-state index contributed by atoms with van der Waals surface area (Å²) in [6.45, 7) is -2.76. The minimum absolute atomic E-state index is 0.0397. The van der Waals surface area contributed by atoms with Gasteiger partial charge in [0.25, 0.3) is 0 Å². The highest BCUT2D eigenvalue weighted by atomic mass is 19.3. The zero-order chi connectivity index (χ0) is 17.1. The molecular weight excluding hydrogens is 320 g/mol. The Morgan fingerprint density at radius 2 is 2.04 bits per heavy atom. The number of urea groups is 1. The number of hydrogen-bond acceptors (Lipinski definition) is 4. The van der Waals surface area contributed by atoms with E-state index in [1.807, 2.05) is 0 Å². The predicted molar refractivity (Wildman–Crippen MR) is 80.5 cm³/mol. The third-order valence-corrected chi connectivity index (χ3v) is 4.66. The van der Waals surface area contributed by atoms with Crippen LogP contribution in [0.3, 0.4) is 0 Å². The average molecular weight is 339 g/mol. The largest absolute Gasteiger partial charge is 0.417 e. The third kappa shape index (κ3) is 3.98. The Morgan fingerprint density at radius 3 is 2.71 bits per heavy atom. The molecule has 0 aliphatic heterocycles. The molecule has 2 aliphatic rings. The van der Waals surface area contributed by atoms with Crippen molar-refractivity contribution in [2.45, 2.75) is 44.9 Å². The second kappa shape index (κ2) is 7.11. The van der Waals surface area contributed by atoms with E-state index in [2.05, 4.69) is 20.4 Å². The molecule has 2 saturated carbocycles. The first kappa shape index (κ1) is 16.6. The second-order valence-electron chi connectivity index (χ2n) is 6.28. The second-order valence-corrected chi connectivity index (χ2v) is 6.28. The van der Waals surface area contributed by atoms with Crippen molar-refractivity contribution in [3.63, 3.8) is 0 Å². The molecule has 2 aliphatic carbocycles. The zero-order valence-electron chi connectivity index (χ0n) is 13.0. The topological polar surface area (TPSA) is 80.3 Å². The van der Waals surface area contributed by atoms with Crippen LogP contribution in [-0.4, -0.2) is 29.5 Å². The fraction of sp³-hybridized carbons (Fsp3) is 0.562. The van der Waals surface area contributed by atoms with E-state index in [4.69, 9.17) is 0 Å². The number of carbonyl (C=O) groups is 2. The molecule has 130 valence electrons. The summed E-state index contributed by atoms with van der Waals surface area (Å²) in [6.07, 6.45) is 4.37. The van der Waals surface area contributed by atoms with Gasteiger partial charge in [-0.1, -0.05) is 0 Å². The molecule has 3 rings (SSSR count). The van der Waals surface area contributed by atoms with Crippen LogP contribution in [0.15, 0.2) is 18.3 Å². The Kier molecular flexibility index (Phi) is 4.92. The summed E-state index contributed by atoms with van der Waals surface area (Å²) in [4.78, 5) is 27.3. The van der Waals surface area contributed by atoms with E-state index in [1.54, 1.807) is 6.07 Å². The summed E-state index contributed by atoms with van der Waals surface area (Å²) in [5.41, 5.74) is 0.609. The minimum atomic E-state index is -2.94. The molecule has 1 unspecified atom stereocenters. The van der Waals surface area contributed by atoms with Gasteiger partial charge in [-0.2, -0.15) is 8.78 Å². The summed E-state index contributed by atoms with van der Waals surface area (Å²) in [7, 11) is 0. The fourth-order valence-electron chi connectivity index (χ4n) is 3.64. The number of pyridine rings is 1. The summed E-state index contributed by atoms with van der Waals surface area (Å²) in [6, 6.07) is 2.69. The number of aromatic nitrogens is 1. The Bertz CT molecular complexity index is 610. The molecule has 1 heterocycles. The number of amides is 2. The number of Topliss-reactive ketones (excluding diaryl/α,β-unsaturated/α-hetero) is 1. The van der Waals surface area contributed by atoms with Crippen LogP contribution in [0.25, 0.3) is 0 Å². The molecule has 1 aromatic rings. The van der Waals surface area contributed by atoms with Crippen LogP contribution in [0.2, 0.25) is 0 Å². The molecule has 24 heavy (non-hydrogen) atoms. The van der Waals surface area contributed by atoms with Gasteiger partial charge in [0.15, 0.2) is 0 Å². The van der Waals surface area contributed by atoms with Crippen LogP contribution >= 0.6 is 0 Å². The Balaban J connectivity index is 1.50. The van der Waals surface area contributed by atoms with Crippen molar-refractivity contribution >= 4 is 11.8 Å². The van der Waals surface area contributed by atoms with Crippen LogP contribution in [-0.2, 0) is 11.3 Å². The van der Waals surface area contributed by atoms with Gasteiger partial charge in [-0.15, -0.1) is 0 Å². The first-order valence-corrected chi connectivity index (χ1v) is 7.97. The fourth-order valence-corrected chi connectivity index (χ4v) is 3.64. The molecule has 1 aromatic heterocycles. The van der Waals surface area contributed by atoms with Crippen LogP contribution in [0.1, 0.15) is 31.2 Å². The molecule has 2 amide bonds. The van der Waals surface area contributed by atoms with E-state index < -0.39 is 6.61 Å². The molecule has 6 nitrogen and oxygen atoms in total. The number of halogens is 2. The summed E-state index contributed by atoms with van der Waals surface area (Å²) in [5, 5.41) is 5.65. The number of hydrogen-bond donors (Lipinski definition) is 2. The number of alkyl halides is 2. The van der Waals surface area contributed by atoms with Crippen LogP contribution in [0.5, 0.6) is 5.88 Å². The molecule has 0 saturated heterocycles. The number of carbonyl (C=O) groups excluding carboxylic acids is 2. The Morgan fingerprint density at radius 1 is 1.33 bits per heavy atom. The summed E-state index contributed by atoms with van der Waals surface area (Å²) < 4.78 is 28.6. The smallest absolute Gasteiger partial charge is 0.388 e. The van der Waals surface area contributed by atoms with Gasteiger partial charge in [0.05, 0.1) is 0 Å². The van der Waals surface area contributed by atoms with E-state index >= 15 is 0 Å². The van der Waals surface area contributed by atoms with Gasteiger partial charge in [-0.3, -0.25) is 4.79 Å². The van der Waals surface area contributed by atoms with E-state index in [0.29, 0.717) is 18.4 Å². The lowest BCUT2D eigenvalue weighted by atomic mass is 9.83. The lowest BCUT2D eigenvalue weighted by molar-refractivity contribution is -0.122.